The number of aliphatic carboxylic acids is 3. The van der Waals surface area contributed by atoms with E-state index in [9.17, 15) is 14.4 Å². The fourth-order valence-corrected chi connectivity index (χ4v) is 0.714. The molecule has 0 aliphatic heterocycles. The van der Waals surface area contributed by atoms with Crippen LogP contribution in [0.4, 0.5) is 0 Å². The Labute approximate surface area is 212 Å². The quantitative estimate of drug-likeness (QED) is 0.356. The van der Waals surface area contributed by atoms with Gasteiger partial charge >= 0.3 is 144 Å². The van der Waals surface area contributed by atoms with Crippen molar-refractivity contribution in [1.29, 1.82) is 0 Å². The Hall–Kier alpha value is 2.55. The van der Waals surface area contributed by atoms with Gasteiger partial charge in [-0.1, -0.05) is 0 Å². The van der Waals surface area contributed by atoms with Crippen molar-refractivity contribution in [3.63, 3.8) is 0 Å². The van der Waals surface area contributed by atoms with E-state index >= 15 is 0 Å². The Morgan fingerprint density at radius 2 is 1.05 bits per heavy atom. The van der Waals surface area contributed by atoms with E-state index in [0.717, 1.165) is 0 Å². The molecule has 0 atom stereocenters. The smallest absolute Gasteiger partial charge is 1.00 e. The average molecular weight is 342 g/mol. The summed E-state index contributed by atoms with van der Waals surface area (Å²) >= 11 is 0. The Bertz CT molecular complexity index is 264. The molecule has 0 radical (unpaired) electrons. The van der Waals surface area contributed by atoms with Gasteiger partial charge in [0.2, 0.25) is 0 Å². The van der Waals surface area contributed by atoms with Crippen LogP contribution < -0.4 is 88.7 Å². The number of hydrogen-bond acceptors (Lipinski definition) is 4. The molecule has 0 aromatic carbocycles. The van der Waals surface area contributed by atoms with Gasteiger partial charge in [0.1, 0.15) is 0 Å². The van der Waals surface area contributed by atoms with Crippen molar-refractivity contribution >= 4 is 55.6 Å². The van der Waals surface area contributed by atoms with Gasteiger partial charge in [0.25, 0.3) is 0 Å². The number of carboxylic acids is 3. The van der Waals surface area contributed by atoms with Gasteiger partial charge in [0.15, 0.2) is 5.60 Å². The molecular weight excluding hydrogens is 325 g/mol. The monoisotopic (exact) mass is 342 g/mol. The number of carboxylic acid groups (broad SMARTS) is 3. The molecule has 13 heteroatoms. The number of rotatable bonds is 5. The van der Waals surface area contributed by atoms with Crippen LogP contribution in [0.25, 0.3) is 0 Å². The first kappa shape index (κ1) is 43.0. The number of hydrogen-bond donors (Lipinski definition) is 4. The van der Waals surface area contributed by atoms with Crippen LogP contribution in [0.15, 0.2) is 0 Å². The van der Waals surface area contributed by atoms with Crippen molar-refractivity contribution in [3.05, 3.63) is 0 Å². The molecule has 0 aromatic rings. The molecule has 9 nitrogen and oxygen atoms in total. The van der Waals surface area contributed by atoms with E-state index in [2.05, 4.69) is 0 Å². The molecule has 0 saturated heterocycles. The van der Waals surface area contributed by atoms with Gasteiger partial charge < -0.3 is 38.5 Å². The molecular formula is C6H17CaNa3O9. The molecule has 100 valence electrons. The fraction of sp³-hybridized carbons (Fsp3) is 0.500. The van der Waals surface area contributed by atoms with Crippen LogP contribution in [0.1, 0.15) is 20.0 Å². The van der Waals surface area contributed by atoms with Gasteiger partial charge in [-0.05, 0) is 0 Å². The zero-order valence-electron chi connectivity index (χ0n) is 16.1. The Kier molecular flexibility index (Phi) is 46.5. The van der Waals surface area contributed by atoms with Crippen LogP contribution in [0.5, 0.6) is 0 Å². The van der Waals surface area contributed by atoms with Crippen LogP contribution >= 0.6 is 0 Å². The first-order valence-electron chi connectivity index (χ1n) is 3.17. The van der Waals surface area contributed by atoms with Gasteiger partial charge in [0.05, 0.1) is 12.8 Å². The third-order valence-corrected chi connectivity index (χ3v) is 1.29. The van der Waals surface area contributed by atoms with Crippen molar-refractivity contribution in [2.24, 2.45) is 0 Å². The minimum absolute atomic E-state index is 0. The molecule has 0 aromatic heterocycles. The van der Waals surface area contributed by atoms with Crippen molar-refractivity contribution in [3.8, 4) is 0 Å². The van der Waals surface area contributed by atoms with E-state index in [1.807, 2.05) is 0 Å². The van der Waals surface area contributed by atoms with E-state index in [4.69, 9.17) is 20.4 Å². The summed E-state index contributed by atoms with van der Waals surface area (Å²) in [5, 5.41) is 33.8. The maximum absolute atomic E-state index is 10.3. The number of carbonyl (C=O) groups is 3. The zero-order valence-corrected chi connectivity index (χ0v) is 19.3. The summed E-state index contributed by atoms with van der Waals surface area (Å²) in [6.45, 7) is 0. The summed E-state index contributed by atoms with van der Waals surface area (Å²) in [5.41, 5.74) is -2.74. The summed E-state index contributed by atoms with van der Waals surface area (Å²) in [7, 11) is 0. The largest absolute Gasteiger partial charge is 2.00 e. The maximum Gasteiger partial charge on any atom is 2.00 e. The van der Waals surface area contributed by atoms with Crippen LogP contribution in [0.2, 0.25) is 0 Å². The standard InChI is InChI=1S/C6H8O7.Ca.3Na.2H2O.5H/c7-3(8)1-6(13,5(11)12)2-4(9)10;;;;;;;;;;;/h13H,1-2H2,(H,7,8)(H,9,10)(H,11,12);;;;;2*1H2;;;;;/q;+2;3*+1;;;5*-1. The molecule has 0 spiro atoms. The molecule has 19 heavy (non-hydrogen) atoms. The van der Waals surface area contributed by atoms with Crippen molar-refractivity contribution in [1.82, 2.24) is 0 Å². The second kappa shape index (κ2) is 20.5. The van der Waals surface area contributed by atoms with Gasteiger partial charge in [0, 0.05) is 0 Å². The maximum atomic E-state index is 10.3. The topological polar surface area (TPSA) is 195 Å². The van der Waals surface area contributed by atoms with E-state index in [1.165, 1.54) is 0 Å². The van der Waals surface area contributed by atoms with Crippen LogP contribution in [0.3, 0.4) is 0 Å². The van der Waals surface area contributed by atoms with Gasteiger partial charge in [-0.2, -0.15) is 0 Å². The van der Waals surface area contributed by atoms with Crippen LogP contribution in [-0.4, -0.2) is 92.6 Å². The summed E-state index contributed by atoms with van der Waals surface area (Å²) < 4.78 is 0. The van der Waals surface area contributed by atoms with Crippen molar-refractivity contribution in [2.75, 3.05) is 0 Å². The summed E-state index contributed by atoms with van der Waals surface area (Å²) in [6, 6.07) is 0. The zero-order chi connectivity index (χ0) is 10.6. The average Bonchev–Trinajstić information content (AvgIpc) is 1.82. The first-order chi connectivity index (χ1) is 5.78. The van der Waals surface area contributed by atoms with Crippen molar-refractivity contribution < 1.29 is 142 Å². The molecule has 8 N–H and O–H groups in total. The van der Waals surface area contributed by atoms with Crippen LogP contribution in [0, 0.1) is 0 Å². The third-order valence-electron chi connectivity index (χ3n) is 1.29. The Morgan fingerprint density at radius 1 is 0.842 bits per heavy atom. The van der Waals surface area contributed by atoms with Gasteiger partial charge in [-0.3, -0.25) is 9.59 Å². The van der Waals surface area contributed by atoms with E-state index in [0.29, 0.717) is 0 Å². The summed E-state index contributed by atoms with van der Waals surface area (Å²) in [6.07, 6.45) is -2.29. The molecule has 0 heterocycles. The second-order valence-electron chi connectivity index (χ2n) is 2.48. The summed E-state index contributed by atoms with van der Waals surface area (Å²) in [4.78, 5) is 30.5. The molecule has 0 bridgehead atoms. The molecule has 0 aliphatic rings. The summed E-state index contributed by atoms with van der Waals surface area (Å²) in [5.74, 6) is -5.02. The van der Waals surface area contributed by atoms with Crippen LogP contribution in [-0.2, 0) is 14.4 Å². The fourth-order valence-electron chi connectivity index (χ4n) is 0.714. The Balaban J connectivity index is -0.0000000131. The van der Waals surface area contributed by atoms with E-state index < -0.39 is 36.4 Å². The molecule has 0 fully saturated rings. The van der Waals surface area contributed by atoms with Gasteiger partial charge in [-0.15, -0.1) is 0 Å². The molecule has 0 unspecified atom stereocenters. The molecule has 0 saturated carbocycles. The van der Waals surface area contributed by atoms with Crippen molar-refractivity contribution in [2.45, 2.75) is 18.4 Å². The number of aliphatic hydroxyl groups is 1. The molecule has 0 rings (SSSR count). The molecule has 0 amide bonds. The minimum atomic E-state index is -2.74. The Morgan fingerprint density at radius 3 is 1.16 bits per heavy atom. The predicted molar refractivity (Wildman–Crippen MR) is 55.6 cm³/mol. The first-order valence-corrected chi connectivity index (χ1v) is 3.17. The normalized spacial score (nSPS) is 7.42. The SMILES string of the molecule is O.O.O=C(O)CC(O)(CC(=O)O)C(=O)O.[Ca+2].[H-].[H-].[H-].[H-].[H-].[Na+].[Na+].[Na+]. The van der Waals surface area contributed by atoms with Gasteiger partial charge in [-0.25, -0.2) is 4.79 Å². The predicted octanol–water partition coefficient (Wildman–Crippen LogP) is -11.7. The van der Waals surface area contributed by atoms with E-state index in [1.54, 1.807) is 0 Å². The van der Waals surface area contributed by atoms with E-state index in [-0.39, 0.29) is 144 Å². The molecule has 0 aliphatic carbocycles. The third kappa shape index (κ3) is 20.5. The second-order valence-corrected chi connectivity index (χ2v) is 2.48. The minimum Gasteiger partial charge on any atom is -1.00 e.